The van der Waals surface area contributed by atoms with E-state index in [4.69, 9.17) is 9.57 Å². The van der Waals surface area contributed by atoms with Crippen LogP contribution in [-0.4, -0.2) is 48.9 Å². The van der Waals surface area contributed by atoms with E-state index in [-0.39, 0.29) is 12.1 Å². The molecule has 5 heteroatoms. The van der Waals surface area contributed by atoms with E-state index in [1.165, 1.54) is 5.56 Å². The van der Waals surface area contributed by atoms with E-state index < -0.39 is 5.41 Å². The highest BCUT2D eigenvalue weighted by Crippen LogP contribution is 2.40. The monoisotopic (exact) mass is 372 g/mol. The van der Waals surface area contributed by atoms with Crippen molar-refractivity contribution in [3.05, 3.63) is 35.4 Å². The lowest BCUT2D eigenvalue weighted by Crippen LogP contribution is -2.47. The van der Waals surface area contributed by atoms with Gasteiger partial charge in [-0.15, -0.1) is 0 Å². The van der Waals surface area contributed by atoms with Gasteiger partial charge in [-0.2, -0.15) is 0 Å². The Balaban J connectivity index is 1.67. The van der Waals surface area contributed by atoms with Gasteiger partial charge >= 0.3 is 5.97 Å². The van der Waals surface area contributed by atoms with Crippen molar-refractivity contribution in [1.82, 2.24) is 4.90 Å². The fraction of sp³-hybridized carbons (Fsp3) is 0.636. The van der Waals surface area contributed by atoms with Crippen LogP contribution in [0, 0.1) is 12.3 Å². The Morgan fingerprint density at radius 2 is 2.04 bits per heavy atom. The molecule has 3 rings (SSSR count). The van der Waals surface area contributed by atoms with Crippen molar-refractivity contribution in [1.29, 1.82) is 0 Å². The SMILES string of the molecule is CCCN1CCC(C[C@H]2CC(c3ccccc3C)=NO2)(C(=O)OCC)CC1. The number of carbonyl (C=O) groups is 1. The van der Waals surface area contributed by atoms with Crippen LogP contribution in [0.25, 0.3) is 0 Å². The van der Waals surface area contributed by atoms with E-state index in [0.29, 0.717) is 13.0 Å². The summed E-state index contributed by atoms with van der Waals surface area (Å²) in [7, 11) is 0. The summed E-state index contributed by atoms with van der Waals surface area (Å²) in [5.41, 5.74) is 2.89. The second-order valence-electron chi connectivity index (χ2n) is 7.83. The van der Waals surface area contributed by atoms with Gasteiger partial charge < -0.3 is 14.5 Å². The molecular weight excluding hydrogens is 340 g/mol. The zero-order chi connectivity index (χ0) is 19.3. The van der Waals surface area contributed by atoms with E-state index >= 15 is 0 Å². The van der Waals surface area contributed by atoms with Crippen molar-refractivity contribution in [3.63, 3.8) is 0 Å². The number of ether oxygens (including phenoxy) is 1. The Hall–Kier alpha value is -1.88. The zero-order valence-corrected chi connectivity index (χ0v) is 16.9. The molecule has 1 aromatic carbocycles. The number of aryl methyl sites for hydroxylation is 1. The lowest BCUT2D eigenvalue weighted by atomic mass is 9.73. The number of likely N-dealkylation sites (tertiary alicyclic amines) is 1. The number of piperidine rings is 1. The number of oxime groups is 1. The molecule has 1 saturated heterocycles. The summed E-state index contributed by atoms with van der Waals surface area (Å²) >= 11 is 0. The van der Waals surface area contributed by atoms with Crippen LogP contribution in [0.15, 0.2) is 29.4 Å². The van der Waals surface area contributed by atoms with Crippen LogP contribution in [0.4, 0.5) is 0 Å². The smallest absolute Gasteiger partial charge is 0.312 e. The number of hydrogen-bond donors (Lipinski definition) is 0. The van der Waals surface area contributed by atoms with Gasteiger partial charge in [-0.25, -0.2) is 0 Å². The predicted octanol–water partition coefficient (Wildman–Crippen LogP) is 3.93. The average molecular weight is 373 g/mol. The maximum absolute atomic E-state index is 12.8. The first-order valence-corrected chi connectivity index (χ1v) is 10.3. The highest BCUT2D eigenvalue weighted by atomic mass is 16.6. The first kappa shape index (κ1) is 19.9. The Kier molecular flexibility index (Phi) is 6.53. The number of carbonyl (C=O) groups excluding carboxylic acids is 1. The topological polar surface area (TPSA) is 51.1 Å². The molecule has 0 amide bonds. The lowest BCUT2D eigenvalue weighted by molar-refractivity contribution is -0.161. The summed E-state index contributed by atoms with van der Waals surface area (Å²) in [6.07, 6.45) is 4.21. The van der Waals surface area contributed by atoms with Gasteiger partial charge in [0, 0.05) is 18.4 Å². The van der Waals surface area contributed by atoms with Crippen LogP contribution < -0.4 is 0 Å². The summed E-state index contributed by atoms with van der Waals surface area (Å²) in [5.74, 6) is -0.0610. The van der Waals surface area contributed by atoms with Crippen LogP contribution in [0.5, 0.6) is 0 Å². The highest BCUT2D eigenvalue weighted by Gasteiger charge is 2.45. The molecule has 5 nitrogen and oxygen atoms in total. The first-order valence-electron chi connectivity index (χ1n) is 10.3. The second kappa shape index (κ2) is 8.87. The summed E-state index contributed by atoms with van der Waals surface area (Å²) in [6, 6.07) is 8.24. The van der Waals surface area contributed by atoms with Crippen molar-refractivity contribution in [2.24, 2.45) is 10.6 Å². The van der Waals surface area contributed by atoms with Crippen molar-refractivity contribution in [2.75, 3.05) is 26.2 Å². The Morgan fingerprint density at radius 1 is 1.30 bits per heavy atom. The Bertz CT molecular complexity index is 678. The molecule has 2 aliphatic rings. The predicted molar refractivity (Wildman–Crippen MR) is 107 cm³/mol. The van der Waals surface area contributed by atoms with Crippen LogP contribution >= 0.6 is 0 Å². The van der Waals surface area contributed by atoms with Gasteiger partial charge in [-0.05, 0) is 58.3 Å². The van der Waals surface area contributed by atoms with E-state index in [0.717, 1.165) is 56.6 Å². The normalized spacial score (nSPS) is 22.2. The van der Waals surface area contributed by atoms with Gasteiger partial charge in [0.05, 0.1) is 17.7 Å². The molecule has 0 aromatic heterocycles. The maximum Gasteiger partial charge on any atom is 0.312 e. The summed E-state index contributed by atoms with van der Waals surface area (Å²) in [5, 5.41) is 4.35. The molecule has 2 aliphatic heterocycles. The van der Waals surface area contributed by atoms with E-state index in [1.807, 2.05) is 19.1 Å². The molecule has 1 atom stereocenters. The maximum atomic E-state index is 12.8. The average Bonchev–Trinajstić information content (AvgIpc) is 3.12. The molecule has 0 saturated carbocycles. The summed E-state index contributed by atoms with van der Waals surface area (Å²) in [6.45, 7) is 9.59. The largest absolute Gasteiger partial charge is 0.466 e. The molecule has 27 heavy (non-hydrogen) atoms. The molecule has 1 aromatic rings. The third kappa shape index (κ3) is 4.52. The number of benzene rings is 1. The molecular formula is C22H32N2O3. The number of rotatable bonds is 7. The van der Waals surface area contributed by atoms with Gasteiger partial charge in [-0.3, -0.25) is 4.79 Å². The molecule has 0 radical (unpaired) electrons. The lowest BCUT2D eigenvalue weighted by Gasteiger charge is -2.40. The van der Waals surface area contributed by atoms with Gasteiger partial charge in [0.2, 0.25) is 0 Å². The van der Waals surface area contributed by atoms with Gasteiger partial charge in [-0.1, -0.05) is 36.3 Å². The fourth-order valence-corrected chi connectivity index (χ4v) is 4.33. The Morgan fingerprint density at radius 3 is 2.70 bits per heavy atom. The molecule has 0 unspecified atom stereocenters. The molecule has 0 N–H and O–H groups in total. The van der Waals surface area contributed by atoms with Crippen LogP contribution in [0.2, 0.25) is 0 Å². The molecule has 0 bridgehead atoms. The van der Waals surface area contributed by atoms with E-state index in [1.54, 1.807) is 0 Å². The third-order valence-electron chi connectivity index (χ3n) is 5.87. The summed E-state index contributed by atoms with van der Waals surface area (Å²) < 4.78 is 5.47. The number of nitrogens with zero attached hydrogens (tertiary/aromatic N) is 2. The third-order valence-corrected chi connectivity index (χ3v) is 5.87. The Labute approximate surface area is 162 Å². The van der Waals surface area contributed by atoms with Crippen LogP contribution in [0.1, 0.15) is 57.1 Å². The van der Waals surface area contributed by atoms with Gasteiger partial charge in [0.1, 0.15) is 6.10 Å². The molecule has 148 valence electrons. The van der Waals surface area contributed by atoms with Crippen molar-refractivity contribution < 1.29 is 14.4 Å². The summed E-state index contributed by atoms with van der Waals surface area (Å²) in [4.78, 5) is 21.1. The van der Waals surface area contributed by atoms with Crippen molar-refractivity contribution in [3.8, 4) is 0 Å². The van der Waals surface area contributed by atoms with Crippen molar-refractivity contribution in [2.45, 2.75) is 59.0 Å². The zero-order valence-electron chi connectivity index (χ0n) is 16.9. The van der Waals surface area contributed by atoms with Crippen LogP contribution in [0.3, 0.4) is 0 Å². The first-order chi connectivity index (χ1) is 13.1. The molecule has 1 fully saturated rings. The second-order valence-corrected chi connectivity index (χ2v) is 7.83. The molecule has 0 aliphatic carbocycles. The van der Waals surface area contributed by atoms with E-state index in [9.17, 15) is 4.79 Å². The van der Waals surface area contributed by atoms with Gasteiger partial charge in [0.25, 0.3) is 0 Å². The quantitative estimate of drug-likeness (QED) is 0.681. The van der Waals surface area contributed by atoms with Gasteiger partial charge in [0.15, 0.2) is 0 Å². The highest BCUT2D eigenvalue weighted by molar-refractivity contribution is 6.02. The molecule has 0 spiro atoms. The van der Waals surface area contributed by atoms with E-state index in [2.05, 4.69) is 36.0 Å². The number of hydrogen-bond acceptors (Lipinski definition) is 5. The number of esters is 1. The minimum atomic E-state index is -0.443. The fourth-order valence-electron chi connectivity index (χ4n) is 4.33. The van der Waals surface area contributed by atoms with Crippen LogP contribution in [-0.2, 0) is 14.4 Å². The minimum Gasteiger partial charge on any atom is -0.466 e. The molecule has 2 heterocycles. The standard InChI is InChI=1S/C22H32N2O3/c1-4-12-24-13-10-22(11-14-24,21(25)26-5-2)16-18-15-20(23-27-18)19-9-7-6-8-17(19)3/h6-9,18H,4-5,10-16H2,1-3H3/t18-/m1/s1. The van der Waals surface area contributed by atoms with Crippen molar-refractivity contribution >= 4 is 11.7 Å². The minimum absolute atomic E-state index is 0.0539.